The van der Waals surface area contributed by atoms with Crippen LogP contribution in [-0.4, -0.2) is 48.3 Å². The zero-order valence-corrected chi connectivity index (χ0v) is 13.7. The molecule has 2 heterocycles. The predicted octanol–water partition coefficient (Wildman–Crippen LogP) is 0.939. The number of carbonyl (C=O) groups excluding carboxylic acids is 2. The highest BCUT2D eigenvalue weighted by atomic mass is 35.5. The molecular formula is C14H22ClN3O4. The van der Waals surface area contributed by atoms with Gasteiger partial charge in [-0.3, -0.25) is 4.79 Å². The Labute approximate surface area is 135 Å². The third-order valence-corrected chi connectivity index (χ3v) is 3.36. The lowest BCUT2D eigenvalue weighted by molar-refractivity contribution is -0.123. The highest BCUT2D eigenvalue weighted by Crippen LogP contribution is 2.15. The molecule has 1 amide bonds. The monoisotopic (exact) mass is 331 g/mol. The quantitative estimate of drug-likeness (QED) is 0.802. The third kappa shape index (κ3) is 4.22. The number of esters is 1. The van der Waals surface area contributed by atoms with E-state index in [2.05, 4.69) is 10.6 Å². The first-order valence-electron chi connectivity index (χ1n) is 7.02. The lowest BCUT2D eigenvalue weighted by Crippen LogP contribution is -2.53. The van der Waals surface area contributed by atoms with Gasteiger partial charge in [0.05, 0.1) is 25.0 Å². The number of nitrogens with one attached hydrogen (secondary N) is 2. The van der Waals surface area contributed by atoms with Crippen molar-refractivity contribution in [1.82, 2.24) is 9.88 Å². The van der Waals surface area contributed by atoms with Crippen LogP contribution in [0.25, 0.3) is 0 Å². The van der Waals surface area contributed by atoms with Gasteiger partial charge >= 0.3 is 5.97 Å². The first kappa shape index (κ1) is 18.5. The van der Waals surface area contributed by atoms with Crippen LogP contribution in [0.5, 0.6) is 0 Å². The Bertz CT molecular complexity index is 532. The summed E-state index contributed by atoms with van der Waals surface area (Å²) in [4.78, 5) is 23.9. The van der Waals surface area contributed by atoms with Crippen molar-refractivity contribution in [1.29, 1.82) is 0 Å². The van der Waals surface area contributed by atoms with E-state index >= 15 is 0 Å². The van der Waals surface area contributed by atoms with Crippen molar-refractivity contribution in [3.8, 4) is 0 Å². The smallest absolute Gasteiger partial charge is 0.355 e. The molecule has 7 nitrogen and oxygen atoms in total. The van der Waals surface area contributed by atoms with Gasteiger partial charge in [-0.05, 0) is 19.9 Å². The summed E-state index contributed by atoms with van der Waals surface area (Å²) in [6.45, 7) is 5.16. The number of hydrogen-bond acceptors (Lipinski definition) is 5. The summed E-state index contributed by atoms with van der Waals surface area (Å²) in [5.41, 5.74) is 0.957. The molecule has 2 N–H and O–H groups in total. The number of aryl methyl sites for hydroxylation is 1. The van der Waals surface area contributed by atoms with Gasteiger partial charge < -0.3 is 24.7 Å². The van der Waals surface area contributed by atoms with E-state index < -0.39 is 12.0 Å². The van der Waals surface area contributed by atoms with Gasteiger partial charge in [-0.1, -0.05) is 0 Å². The first-order chi connectivity index (χ1) is 10.0. The van der Waals surface area contributed by atoms with E-state index in [1.807, 2.05) is 6.92 Å². The summed E-state index contributed by atoms with van der Waals surface area (Å²) < 4.78 is 12.0. The fourth-order valence-corrected chi connectivity index (χ4v) is 2.29. The second kappa shape index (κ2) is 8.17. The molecule has 22 heavy (non-hydrogen) atoms. The topological polar surface area (TPSA) is 81.6 Å². The Balaban J connectivity index is 0.00000242. The van der Waals surface area contributed by atoms with E-state index in [1.54, 1.807) is 30.8 Å². The molecule has 0 aromatic carbocycles. The van der Waals surface area contributed by atoms with Crippen molar-refractivity contribution < 1.29 is 19.1 Å². The summed E-state index contributed by atoms with van der Waals surface area (Å²) in [6, 6.07) is 1.20. The summed E-state index contributed by atoms with van der Waals surface area (Å²) in [7, 11) is 1.73. The van der Waals surface area contributed by atoms with Crippen LogP contribution in [0.4, 0.5) is 5.69 Å². The Morgan fingerprint density at radius 1 is 1.55 bits per heavy atom. The van der Waals surface area contributed by atoms with Crippen LogP contribution in [0.3, 0.4) is 0 Å². The van der Waals surface area contributed by atoms with Gasteiger partial charge in [0.1, 0.15) is 11.7 Å². The molecular weight excluding hydrogens is 310 g/mol. The van der Waals surface area contributed by atoms with Crippen molar-refractivity contribution in [2.75, 3.05) is 25.1 Å². The van der Waals surface area contributed by atoms with Gasteiger partial charge in [0, 0.05) is 19.8 Å². The molecule has 1 aromatic heterocycles. The largest absolute Gasteiger partial charge is 0.461 e. The van der Waals surface area contributed by atoms with E-state index in [-0.39, 0.29) is 24.4 Å². The minimum absolute atomic E-state index is 0. The summed E-state index contributed by atoms with van der Waals surface area (Å²) in [6.07, 6.45) is 1.49. The van der Waals surface area contributed by atoms with Crippen LogP contribution in [0.15, 0.2) is 12.3 Å². The van der Waals surface area contributed by atoms with Crippen molar-refractivity contribution in [2.24, 2.45) is 7.05 Å². The number of rotatable bonds is 4. The van der Waals surface area contributed by atoms with Crippen LogP contribution in [0, 0.1) is 0 Å². The molecule has 124 valence electrons. The van der Waals surface area contributed by atoms with E-state index in [4.69, 9.17) is 9.47 Å². The van der Waals surface area contributed by atoms with E-state index in [9.17, 15) is 9.59 Å². The number of ether oxygens (including phenoxy) is 2. The van der Waals surface area contributed by atoms with Crippen molar-refractivity contribution in [3.05, 3.63) is 18.0 Å². The fourth-order valence-electron chi connectivity index (χ4n) is 2.29. The summed E-state index contributed by atoms with van der Waals surface area (Å²) in [5, 5.41) is 5.91. The highest BCUT2D eigenvalue weighted by molar-refractivity contribution is 5.97. The van der Waals surface area contributed by atoms with Crippen molar-refractivity contribution in [3.63, 3.8) is 0 Å². The zero-order chi connectivity index (χ0) is 15.4. The highest BCUT2D eigenvalue weighted by Gasteiger charge is 2.28. The van der Waals surface area contributed by atoms with E-state index in [1.165, 1.54) is 0 Å². The standard InChI is InChI=1S/C14H21N3O4.ClH/c1-4-20-14(19)11-7-10(8-17(11)3)16-13(18)12-9(2)21-6-5-15-12;/h7-9,12,15H,4-6H2,1-3H3,(H,16,18);1H/t9-,12+;/m1./s1. The minimum Gasteiger partial charge on any atom is -0.461 e. The van der Waals surface area contributed by atoms with Gasteiger partial charge in [0.25, 0.3) is 0 Å². The van der Waals surface area contributed by atoms with Crippen molar-refractivity contribution >= 4 is 30.0 Å². The Morgan fingerprint density at radius 3 is 2.91 bits per heavy atom. The predicted molar refractivity (Wildman–Crippen MR) is 84.5 cm³/mol. The van der Waals surface area contributed by atoms with Crippen LogP contribution < -0.4 is 10.6 Å². The Morgan fingerprint density at radius 2 is 2.27 bits per heavy atom. The molecule has 1 fully saturated rings. The number of nitrogens with zero attached hydrogens (tertiary/aromatic N) is 1. The number of anilines is 1. The van der Waals surface area contributed by atoms with E-state index in [0.717, 1.165) is 0 Å². The van der Waals surface area contributed by atoms with E-state index in [0.29, 0.717) is 31.1 Å². The molecule has 2 rings (SSSR count). The molecule has 1 saturated heterocycles. The molecule has 0 saturated carbocycles. The molecule has 0 aliphatic carbocycles. The number of amides is 1. The molecule has 1 aliphatic rings. The molecule has 1 aliphatic heterocycles. The number of hydrogen-bond donors (Lipinski definition) is 2. The zero-order valence-electron chi connectivity index (χ0n) is 12.9. The van der Waals surface area contributed by atoms with Gasteiger partial charge in [0.15, 0.2) is 0 Å². The average Bonchev–Trinajstić information content (AvgIpc) is 2.80. The lowest BCUT2D eigenvalue weighted by Gasteiger charge is -2.29. The van der Waals surface area contributed by atoms with Gasteiger partial charge in [-0.15, -0.1) is 12.4 Å². The normalized spacial score (nSPS) is 20.9. The molecule has 0 spiro atoms. The van der Waals surface area contributed by atoms with Gasteiger partial charge in [0.2, 0.25) is 5.91 Å². The van der Waals surface area contributed by atoms with Crippen LogP contribution in [0.2, 0.25) is 0 Å². The minimum atomic E-state index is -0.409. The molecule has 0 unspecified atom stereocenters. The number of halogens is 1. The van der Waals surface area contributed by atoms with Crippen LogP contribution in [0.1, 0.15) is 24.3 Å². The van der Waals surface area contributed by atoms with Crippen molar-refractivity contribution in [2.45, 2.75) is 26.0 Å². The van der Waals surface area contributed by atoms with Crippen LogP contribution in [-0.2, 0) is 21.3 Å². The number of morpholine rings is 1. The maximum absolute atomic E-state index is 12.2. The van der Waals surface area contributed by atoms with Crippen LogP contribution >= 0.6 is 12.4 Å². The first-order valence-corrected chi connectivity index (χ1v) is 7.02. The molecule has 1 aromatic rings. The maximum Gasteiger partial charge on any atom is 0.355 e. The maximum atomic E-state index is 12.2. The number of carbonyl (C=O) groups is 2. The second-order valence-electron chi connectivity index (χ2n) is 4.94. The third-order valence-electron chi connectivity index (χ3n) is 3.36. The Kier molecular flexibility index (Phi) is 6.86. The second-order valence-corrected chi connectivity index (χ2v) is 4.94. The molecule has 2 atom stereocenters. The average molecular weight is 332 g/mol. The fraction of sp³-hybridized carbons (Fsp3) is 0.571. The molecule has 0 radical (unpaired) electrons. The number of aromatic nitrogens is 1. The summed E-state index contributed by atoms with van der Waals surface area (Å²) in [5.74, 6) is -0.587. The van der Waals surface area contributed by atoms with Gasteiger partial charge in [-0.2, -0.15) is 0 Å². The molecule has 0 bridgehead atoms. The summed E-state index contributed by atoms with van der Waals surface area (Å²) >= 11 is 0. The SMILES string of the molecule is CCOC(=O)c1cc(NC(=O)[C@H]2NCCO[C@@H]2C)cn1C.Cl. The lowest BCUT2D eigenvalue weighted by atomic mass is 10.1. The van der Waals surface area contributed by atoms with Gasteiger partial charge in [-0.25, -0.2) is 4.79 Å². The molecule has 8 heteroatoms. The Hall–Kier alpha value is -1.57.